The molecule has 1 N–H and O–H groups in total. The minimum absolute atomic E-state index is 0.179. The summed E-state index contributed by atoms with van der Waals surface area (Å²) in [6.07, 6.45) is 7.60. The number of methoxy groups -OCH3 is 2. The van der Waals surface area contributed by atoms with Gasteiger partial charge in [-0.05, 0) is 47.7 Å². The Hall–Kier alpha value is -4.07. The molecule has 3 aromatic rings. The molecule has 0 aliphatic carbocycles. The summed E-state index contributed by atoms with van der Waals surface area (Å²) in [5, 5.41) is 3.71. The second kappa shape index (κ2) is 14.2. The van der Waals surface area contributed by atoms with Crippen molar-refractivity contribution >= 4 is 12.0 Å². The van der Waals surface area contributed by atoms with Gasteiger partial charge in [0.05, 0.1) is 20.3 Å². The predicted octanol–water partition coefficient (Wildman–Crippen LogP) is 5.10. The van der Waals surface area contributed by atoms with Crippen molar-refractivity contribution in [3.05, 3.63) is 108 Å². The second-order valence-corrected chi connectivity index (χ2v) is 10.8. The van der Waals surface area contributed by atoms with Crippen LogP contribution in [0, 0.1) is 0 Å². The van der Waals surface area contributed by atoms with Crippen LogP contribution in [-0.4, -0.2) is 68.3 Å². The van der Waals surface area contributed by atoms with E-state index < -0.39 is 0 Å². The van der Waals surface area contributed by atoms with Crippen LogP contribution < -0.4 is 19.5 Å². The first kappa shape index (κ1) is 29.4. The van der Waals surface area contributed by atoms with Gasteiger partial charge in [0.1, 0.15) is 12.4 Å². The van der Waals surface area contributed by atoms with Gasteiger partial charge in [0.2, 0.25) is 5.91 Å². The SMILES string of the molecule is C=CCOc1ccccc1CN[C@@H]1C[C@@H](C(=O)N2CCc3cc(OC)c(OC)cc3C2)N(CC=Cc2ccccc2)C1. The summed E-state index contributed by atoms with van der Waals surface area (Å²) >= 11 is 0. The number of hydrogen-bond donors (Lipinski definition) is 1. The molecule has 7 nitrogen and oxygen atoms in total. The van der Waals surface area contributed by atoms with Crippen molar-refractivity contribution in [2.24, 2.45) is 0 Å². The molecule has 0 spiro atoms. The van der Waals surface area contributed by atoms with E-state index in [1.54, 1.807) is 20.3 Å². The van der Waals surface area contributed by atoms with Crippen LogP contribution in [0.5, 0.6) is 17.2 Å². The highest BCUT2D eigenvalue weighted by Gasteiger charge is 2.39. The third-order valence-corrected chi connectivity index (χ3v) is 8.08. The Labute approximate surface area is 249 Å². The van der Waals surface area contributed by atoms with Gasteiger partial charge in [-0.1, -0.05) is 73.3 Å². The number of nitrogens with one attached hydrogen (secondary N) is 1. The number of fused-ring (bicyclic) bond motifs is 1. The number of benzene rings is 3. The third-order valence-electron chi connectivity index (χ3n) is 8.08. The van der Waals surface area contributed by atoms with Crippen LogP contribution in [0.2, 0.25) is 0 Å². The Kier molecular flexibility index (Phi) is 9.95. The van der Waals surface area contributed by atoms with Crippen molar-refractivity contribution in [1.82, 2.24) is 15.1 Å². The van der Waals surface area contributed by atoms with Gasteiger partial charge in [0.15, 0.2) is 11.5 Å². The molecule has 0 aromatic heterocycles. The van der Waals surface area contributed by atoms with Crippen LogP contribution in [0.3, 0.4) is 0 Å². The molecule has 2 aliphatic rings. The van der Waals surface area contributed by atoms with Gasteiger partial charge in [-0.15, -0.1) is 0 Å². The van der Waals surface area contributed by atoms with Gasteiger partial charge in [-0.3, -0.25) is 9.69 Å². The molecule has 1 fully saturated rings. The number of amides is 1. The van der Waals surface area contributed by atoms with Crippen LogP contribution >= 0.6 is 0 Å². The van der Waals surface area contributed by atoms with E-state index in [2.05, 4.69) is 47.1 Å². The van der Waals surface area contributed by atoms with E-state index in [9.17, 15) is 4.79 Å². The topological polar surface area (TPSA) is 63.3 Å². The molecule has 2 heterocycles. The van der Waals surface area contributed by atoms with E-state index in [4.69, 9.17) is 14.2 Å². The molecule has 5 rings (SSSR count). The fourth-order valence-corrected chi connectivity index (χ4v) is 5.87. The molecule has 0 saturated carbocycles. The van der Waals surface area contributed by atoms with Crippen molar-refractivity contribution in [3.8, 4) is 17.2 Å². The molecule has 220 valence electrons. The average molecular weight is 568 g/mol. The number of rotatable bonds is 12. The number of carbonyl (C=O) groups is 1. The molecule has 0 bridgehead atoms. The van der Waals surface area contributed by atoms with Gasteiger partial charge in [0, 0.05) is 44.3 Å². The van der Waals surface area contributed by atoms with Gasteiger partial charge >= 0.3 is 0 Å². The number of hydrogen-bond acceptors (Lipinski definition) is 6. The van der Waals surface area contributed by atoms with Crippen LogP contribution in [0.1, 0.15) is 28.7 Å². The first-order chi connectivity index (χ1) is 20.6. The lowest BCUT2D eigenvalue weighted by Gasteiger charge is -2.33. The van der Waals surface area contributed by atoms with Gasteiger partial charge in [-0.25, -0.2) is 0 Å². The molecule has 0 unspecified atom stereocenters. The van der Waals surface area contributed by atoms with Crippen LogP contribution in [0.15, 0.2) is 85.5 Å². The lowest BCUT2D eigenvalue weighted by molar-refractivity contribution is -0.136. The van der Waals surface area contributed by atoms with Gasteiger partial charge < -0.3 is 24.4 Å². The van der Waals surface area contributed by atoms with E-state index in [0.717, 1.165) is 47.6 Å². The number of carbonyl (C=O) groups excluding carboxylic acids is 1. The molecule has 0 radical (unpaired) electrons. The van der Waals surface area contributed by atoms with E-state index >= 15 is 0 Å². The maximum Gasteiger partial charge on any atom is 0.240 e. The number of ether oxygens (including phenoxy) is 3. The van der Waals surface area contributed by atoms with Crippen LogP contribution in [0.4, 0.5) is 0 Å². The fraction of sp³-hybridized carbons (Fsp3) is 0.343. The fourth-order valence-electron chi connectivity index (χ4n) is 5.87. The first-order valence-electron chi connectivity index (χ1n) is 14.6. The highest BCUT2D eigenvalue weighted by molar-refractivity contribution is 5.83. The van der Waals surface area contributed by atoms with E-state index in [0.29, 0.717) is 38.5 Å². The summed E-state index contributed by atoms with van der Waals surface area (Å²) < 4.78 is 16.9. The molecule has 3 aromatic carbocycles. The van der Waals surface area contributed by atoms with E-state index in [1.165, 1.54) is 5.56 Å². The minimum atomic E-state index is -0.197. The Balaban J connectivity index is 1.30. The Morgan fingerprint density at radius 2 is 1.74 bits per heavy atom. The number of para-hydroxylation sites is 1. The monoisotopic (exact) mass is 567 g/mol. The van der Waals surface area contributed by atoms with Crippen LogP contribution in [0.25, 0.3) is 6.08 Å². The molecule has 2 aliphatic heterocycles. The summed E-state index contributed by atoms with van der Waals surface area (Å²) in [5.41, 5.74) is 4.58. The normalized spacial score (nSPS) is 18.6. The summed E-state index contributed by atoms with van der Waals surface area (Å²) in [5.74, 6) is 2.47. The Morgan fingerprint density at radius 1 is 1.00 bits per heavy atom. The number of likely N-dealkylation sites (tertiary alicyclic amines) is 1. The molecule has 7 heteroatoms. The first-order valence-corrected chi connectivity index (χ1v) is 14.6. The summed E-state index contributed by atoms with van der Waals surface area (Å²) in [4.78, 5) is 18.4. The van der Waals surface area contributed by atoms with Crippen molar-refractivity contribution < 1.29 is 19.0 Å². The molecule has 1 amide bonds. The largest absolute Gasteiger partial charge is 0.493 e. The Morgan fingerprint density at radius 3 is 2.50 bits per heavy atom. The maximum absolute atomic E-state index is 14.1. The lowest BCUT2D eigenvalue weighted by atomic mass is 9.98. The zero-order chi connectivity index (χ0) is 29.3. The molecular formula is C35H41N3O4. The smallest absolute Gasteiger partial charge is 0.240 e. The zero-order valence-corrected chi connectivity index (χ0v) is 24.6. The minimum Gasteiger partial charge on any atom is -0.493 e. The van der Waals surface area contributed by atoms with Gasteiger partial charge in [0.25, 0.3) is 0 Å². The molecule has 2 atom stereocenters. The zero-order valence-electron chi connectivity index (χ0n) is 24.6. The maximum atomic E-state index is 14.1. The molecule has 42 heavy (non-hydrogen) atoms. The average Bonchev–Trinajstić information content (AvgIpc) is 3.45. The van der Waals surface area contributed by atoms with Crippen LogP contribution in [-0.2, 0) is 24.3 Å². The van der Waals surface area contributed by atoms with E-state index in [-0.39, 0.29) is 18.0 Å². The standard InChI is InChI=1S/C35H41N3O4/c1-4-19-42-32-15-9-8-14-28(32)23-36-30-22-31(37(25-30)17-10-13-26-11-6-5-7-12-26)35(39)38-18-16-27-20-33(40-2)34(41-3)21-29(27)24-38/h4-15,20-21,30-31,36H,1,16-19,22-25H2,2-3H3/t30-,31+/m1/s1. The number of nitrogens with zero attached hydrogens (tertiary/aromatic N) is 2. The summed E-state index contributed by atoms with van der Waals surface area (Å²) in [7, 11) is 3.30. The van der Waals surface area contributed by atoms with Crippen molar-refractivity contribution in [2.75, 3.05) is 40.5 Å². The molecule has 1 saturated heterocycles. The van der Waals surface area contributed by atoms with Gasteiger partial charge in [-0.2, -0.15) is 0 Å². The predicted molar refractivity (Wildman–Crippen MR) is 167 cm³/mol. The summed E-state index contributed by atoms with van der Waals surface area (Å²) in [6.45, 7) is 7.66. The van der Waals surface area contributed by atoms with Crippen molar-refractivity contribution in [1.29, 1.82) is 0 Å². The Bertz CT molecular complexity index is 1390. The molecular weight excluding hydrogens is 526 g/mol. The van der Waals surface area contributed by atoms with E-state index in [1.807, 2.05) is 53.4 Å². The second-order valence-electron chi connectivity index (χ2n) is 10.8. The highest BCUT2D eigenvalue weighted by atomic mass is 16.5. The van der Waals surface area contributed by atoms with Crippen molar-refractivity contribution in [2.45, 2.75) is 38.0 Å². The third kappa shape index (κ3) is 7.04. The quantitative estimate of drug-likeness (QED) is 0.308. The lowest BCUT2D eigenvalue weighted by Crippen LogP contribution is -2.47. The van der Waals surface area contributed by atoms with Crippen molar-refractivity contribution in [3.63, 3.8) is 0 Å². The summed E-state index contributed by atoms with van der Waals surface area (Å²) in [6, 6.07) is 22.4. The highest BCUT2D eigenvalue weighted by Crippen LogP contribution is 2.34.